The molecule has 0 spiro atoms. The summed E-state index contributed by atoms with van der Waals surface area (Å²) in [5, 5.41) is 2.65. The first kappa shape index (κ1) is 13.5. The molecule has 1 N–H and O–H groups in total. The van der Waals surface area contributed by atoms with E-state index in [9.17, 15) is 14.4 Å². The Balaban J connectivity index is 2.25. The SMILES string of the molecule is CCN(C(=O)c1cccc(Cl)c1)[C@@H]1CC(=O)NC1=O. The van der Waals surface area contributed by atoms with Gasteiger partial charge in [-0.3, -0.25) is 19.7 Å². The third-order valence-electron chi connectivity index (χ3n) is 2.99. The van der Waals surface area contributed by atoms with Gasteiger partial charge in [-0.15, -0.1) is 0 Å². The molecule has 1 aliphatic rings. The minimum atomic E-state index is -0.732. The number of halogens is 1. The van der Waals surface area contributed by atoms with Gasteiger partial charge in [0.05, 0.1) is 6.42 Å². The molecule has 5 nitrogen and oxygen atoms in total. The van der Waals surface area contributed by atoms with Gasteiger partial charge in [-0.2, -0.15) is 0 Å². The summed E-state index contributed by atoms with van der Waals surface area (Å²) in [6, 6.07) is 5.78. The minimum absolute atomic E-state index is 0.0129. The zero-order chi connectivity index (χ0) is 14.0. The third-order valence-corrected chi connectivity index (χ3v) is 3.23. The second-order valence-corrected chi connectivity index (χ2v) is 4.67. The van der Waals surface area contributed by atoms with Crippen molar-refractivity contribution in [2.75, 3.05) is 6.54 Å². The van der Waals surface area contributed by atoms with Crippen molar-refractivity contribution in [1.29, 1.82) is 0 Å². The lowest BCUT2D eigenvalue weighted by Crippen LogP contribution is -2.44. The Morgan fingerprint density at radius 1 is 1.47 bits per heavy atom. The van der Waals surface area contributed by atoms with E-state index in [2.05, 4.69) is 5.32 Å². The van der Waals surface area contributed by atoms with Gasteiger partial charge in [0.25, 0.3) is 5.91 Å². The predicted molar refractivity (Wildman–Crippen MR) is 69.7 cm³/mol. The number of imide groups is 1. The van der Waals surface area contributed by atoms with E-state index < -0.39 is 11.9 Å². The van der Waals surface area contributed by atoms with Gasteiger partial charge in [-0.05, 0) is 25.1 Å². The number of nitrogens with zero attached hydrogens (tertiary/aromatic N) is 1. The standard InChI is InChI=1S/C13H13ClN2O3/c1-2-16(10-7-11(17)15-12(10)18)13(19)8-4-3-5-9(14)6-8/h3-6,10H,2,7H2,1H3,(H,15,17,18)/t10-/m1/s1. The van der Waals surface area contributed by atoms with Crippen molar-refractivity contribution < 1.29 is 14.4 Å². The van der Waals surface area contributed by atoms with Gasteiger partial charge >= 0.3 is 0 Å². The van der Waals surface area contributed by atoms with E-state index >= 15 is 0 Å². The Morgan fingerprint density at radius 2 is 2.21 bits per heavy atom. The fourth-order valence-corrected chi connectivity index (χ4v) is 2.27. The fraction of sp³-hybridized carbons (Fsp3) is 0.308. The Kier molecular flexibility index (Phi) is 3.85. The van der Waals surface area contributed by atoms with Crippen LogP contribution in [0.5, 0.6) is 0 Å². The van der Waals surface area contributed by atoms with Crippen LogP contribution in [0, 0.1) is 0 Å². The summed E-state index contributed by atoms with van der Waals surface area (Å²) in [6.07, 6.45) is 0.0129. The fourth-order valence-electron chi connectivity index (χ4n) is 2.08. The van der Waals surface area contributed by atoms with Crippen LogP contribution < -0.4 is 5.32 Å². The second kappa shape index (κ2) is 5.40. The van der Waals surface area contributed by atoms with E-state index in [4.69, 9.17) is 11.6 Å². The molecule has 3 amide bonds. The Labute approximate surface area is 115 Å². The van der Waals surface area contributed by atoms with Crippen LogP contribution in [0.1, 0.15) is 23.7 Å². The Morgan fingerprint density at radius 3 is 2.74 bits per heavy atom. The van der Waals surface area contributed by atoms with Gasteiger partial charge in [0, 0.05) is 17.1 Å². The normalized spacial score (nSPS) is 18.3. The second-order valence-electron chi connectivity index (χ2n) is 4.23. The van der Waals surface area contributed by atoms with Crippen LogP contribution in [0.3, 0.4) is 0 Å². The number of nitrogens with one attached hydrogen (secondary N) is 1. The molecule has 0 radical (unpaired) electrons. The number of carbonyl (C=O) groups excluding carboxylic acids is 3. The smallest absolute Gasteiger partial charge is 0.254 e. The highest BCUT2D eigenvalue weighted by molar-refractivity contribution is 6.31. The number of likely N-dealkylation sites (N-methyl/N-ethyl adjacent to an activating group) is 1. The van der Waals surface area contributed by atoms with Crippen molar-refractivity contribution in [3.05, 3.63) is 34.9 Å². The predicted octanol–water partition coefficient (Wildman–Crippen LogP) is 1.22. The van der Waals surface area contributed by atoms with E-state index in [1.165, 1.54) is 4.90 Å². The summed E-state index contributed by atoms with van der Waals surface area (Å²) >= 11 is 5.84. The average Bonchev–Trinajstić information content (AvgIpc) is 2.69. The van der Waals surface area contributed by atoms with Crippen LogP contribution in [0.15, 0.2) is 24.3 Å². The lowest BCUT2D eigenvalue weighted by Gasteiger charge is -2.25. The van der Waals surface area contributed by atoms with Crippen molar-refractivity contribution in [2.24, 2.45) is 0 Å². The summed E-state index contributed by atoms with van der Waals surface area (Å²) in [5.41, 5.74) is 0.404. The molecule has 6 heteroatoms. The number of hydrogen-bond acceptors (Lipinski definition) is 3. The number of benzene rings is 1. The van der Waals surface area contributed by atoms with Crippen molar-refractivity contribution in [1.82, 2.24) is 10.2 Å². The molecule has 0 unspecified atom stereocenters. The van der Waals surface area contributed by atoms with Gasteiger partial charge in [0.2, 0.25) is 11.8 Å². The maximum atomic E-state index is 12.3. The van der Waals surface area contributed by atoms with E-state index in [1.807, 2.05) is 0 Å². The van der Waals surface area contributed by atoms with Crippen molar-refractivity contribution in [2.45, 2.75) is 19.4 Å². The highest BCUT2D eigenvalue weighted by atomic mass is 35.5. The Hall–Kier alpha value is -1.88. The topological polar surface area (TPSA) is 66.5 Å². The summed E-state index contributed by atoms with van der Waals surface area (Å²) in [6.45, 7) is 2.11. The van der Waals surface area contributed by atoms with E-state index in [1.54, 1.807) is 31.2 Å². The van der Waals surface area contributed by atoms with Crippen LogP contribution in [0.4, 0.5) is 0 Å². The molecule has 0 aromatic heterocycles. The van der Waals surface area contributed by atoms with Crippen LogP contribution in [-0.2, 0) is 9.59 Å². The summed E-state index contributed by atoms with van der Waals surface area (Å²) in [5.74, 6) is -1.09. The maximum Gasteiger partial charge on any atom is 0.254 e. The molecule has 1 aromatic rings. The summed E-state index contributed by atoms with van der Waals surface area (Å²) < 4.78 is 0. The third kappa shape index (κ3) is 2.76. The molecule has 100 valence electrons. The lowest BCUT2D eigenvalue weighted by molar-refractivity contribution is -0.126. The van der Waals surface area contributed by atoms with Crippen LogP contribution in [0.2, 0.25) is 5.02 Å². The van der Waals surface area contributed by atoms with Gasteiger partial charge < -0.3 is 4.90 Å². The van der Waals surface area contributed by atoms with Gasteiger partial charge in [0.15, 0.2) is 0 Å². The zero-order valence-electron chi connectivity index (χ0n) is 10.4. The molecule has 2 rings (SSSR count). The molecule has 0 aliphatic carbocycles. The molecule has 1 heterocycles. The molecule has 1 aliphatic heterocycles. The zero-order valence-corrected chi connectivity index (χ0v) is 11.1. The first-order chi connectivity index (χ1) is 9.02. The molecule has 1 atom stereocenters. The molecular weight excluding hydrogens is 268 g/mol. The average molecular weight is 281 g/mol. The van der Waals surface area contributed by atoms with E-state index in [-0.39, 0.29) is 18.2 Å². The van der Waals surface area contributed by atoms with Gasteiger partial charge in [-0.1, -0.05) is 17.7 Å². The lowest BCUT2D eigenvalue weighted by atomic mass is 10.1. The van der Waals surface area contributed by atoms with Crippen LogP contribution in [0.25, 0.3) is 0 Å². The molecule has 0 saturated carbocycles. The maximum absolute atomic E-state index is 12.3. The molecule has 0 bridgehead atoms. The van der Waals surface area contributed by atoms with Crippen LogP contribution in [-0.4, -0.2) is 35.2 Å². The van der Waals surface area contributed by atoms with E-state index in [0.29, 0.717) is 17.1 Å². The molecule has 1 saturated heterocycles. The minimum Gasteiger partial charge on any atom is -0.326 e. The quantitative estimate of drug-likeness (QED) is 0.847. The van der Waals surface area contributed by atoms with Gasteiger partial charge in [0.1, 0.15) is 6.04 Å². The first-order valence-electron chi connectivity index (χ1n) is 5.93. The van der Waals surface area contributed by atoms with Crippen molar-refractivity contribution in [3.8, 4) is 0 Å². The Bertz CT molecular complexity index is 544. The largest absolute Gasteiger partial charge is 0.326 e. The molecule has 19 heavy (non-hydrogen) atoms. The van der Waals surface area contributed by atoms with Crippen molar-refractivity contribution >= 4 is 29.3 Å². The number of amides is 3. The number of carbonyl (C=O) groups is 3. The molecule has 1 fully saturated rings. The molecular formula is C13H13ClN2O3. The highest BCUT2D eigenvalue weighted by Crippen LogP contribution is 2.17. The van der Waals surface area contributed by atoms with Crippen molar-refractivity contribution in [3.63, 3.8) is 0 Å². The highest BCUT2D eigenvalue weighted by Gasteiger charge is 2.37. The molecule has 1 aromatic carbocycles. The van der Waals surface area contributed by atoms with Gasteiger partial charge in [-0.25, -0.2) is 0 Å². The van der Waals surface area contributed by atoms with Crippen LogP contribution >= 0.6 is 11.6 Å². The number of rotatable bonds is 3. The number of hydrogen-bond donors (Lipinski definition) is 1. The summed E-state index contributed by atoms with van der Waals surface area (Å²) in [7, 11) is 0. The first-order valence-corrected chi connectivity index (χ1v) is 6.31. The summed E-state index contributed by atoms with van der Waals surface area (Å²) in [4.78, 5) is 36.6. The van der Waals surface area contributed by atoms with E-state index in [0.717, 1.165) is 0 Å². The monoisotopic (exact) mass is 280 g/mol.